The molecular weight excluding hydrogens is 238 g/mol. The van der Waals surface area contributed by atoms with Crippen molar-refractivity contribution in [3.8, 4) is 0 Å². The largest absolute Gasteiger partial charge is 0.317 e. The number of hydrogen-bond donors (Lipinski definition) is 1. The summed E-state index contributed by atoms with van der Waals surface area (Å²) in [5.41, 5.74) is 1.59. The molecule has 0 aromatic heterocycles. The van der Waals surface area contributed by atoms with Crippen LogP contribution in [0.4, 0.5) is 0 Å². The lowest BCUT2D eigenvalue weighted by molar-refractivity contribution is 0.334. The predicted molar refractivity (Wildman–Crippen MR) is 81.4 cm³/mol. The smallest absolute Gasteiger partial charge is 0.0107 e. The highest BCUT2D eigenvalue weighted by molar-refractivity contribution is 7.99. The van der Waals surface area contributed by atoms with Gasteiger partial charge in [0.25, 0.3) is 0 Å². The van der Waals surface area contributed by atoms with E-state index in [1.165, 1.54) is 17.1 Å². The zero-order chi connectivity index (χ0) is 13.0. The van der Waals surface area contributed by atoms with Crippen molar-refractivity contribution in [1.29, 1.82) is 0 Å². The molecule has 0 bridgehead atoms. The van der Waals surface area contributed by atoms with Crippen LogP contribution in [0.2, 0.25) is 0 Å². The highest BCUT2D eigenvalue weighted by Gasteiger charge is 2.25. The van der Waals surface area contributed by atoms with Crippen molar-refractivity contribution in [2.45, 2.75) is 38.0 Å². The number of thioether (sulfide) groups is 1. The molecular formula is C16H25NS. The van der Waals surface area contributed by atoms with E-state index < -0.39 is 0 Å². The first-order valence-corrected chi connectivity index (χ1v) is 8.13. The van der Waals surface area contributed by atoms with E-state index in [1.807, 2.05) is 11.8 Å². The Bertz CT molecular complexity index is 377. The van der Waals surface area contributed by atoms with Gasteiger partial charge in [-0.2, -0.15) is 0 Å². The fourth-order valence-electron chi connectivity index (χ4n) is 2.68. The Morgan fingerprint density at radius 1 is 1.28 bits per heavy atom. The summed E-state index contributed by atoms with van der Waals surface area (Å²) in [6.07, 6.45) is 1.33. The zero-order valence-electron chi connectivity index (χ0n) is 11.8. The van der Waals surface area contributed by atoms with Gasteiger partial charge in [0.1, 0.15) is 0 Å². The van der Waals surface area contributed by atoms with E-state index in [1.54, 1.807) is 5.56 Å². The molecule has 0 amide bonds. The van der Waals surface area contributed by atoms with E-state index in [2.05, 4.69) is 50.4 Å². The topological polar surface area (TPSA) is 12.0 Å². The van der Waals surface area contributed by atoms with Gasteiger partial charge in [-0.3, -0.25) is 0 Å². The van der Waals surface area contributed by atoms with Crippen LogP contribution in [0.1, 0.15) is 38.7 Å². The van der Waals surface area contributed by atoms with E-state index >= 15 is 0 Å². The molecule has 1 aromatic carbocycles. The fourth-order valence-corrected chi connectivity index (χ4v) is 3.95. The molecule has 0 aliphatic carbocycles. The Morgan fingerprint density at radius 3 is 2.83 bits per heavy atom. The van der Waals surface area contributed by atoms with Crippen LogP contribution in [0.5, 0.6) is 0 Å². The van der Waals surface area contributed by atoms with Crippen LogP contribution in [0.25, 0.3) is 0 Å². The lowest BCUT2D eigenvalue weighted by Gasteiger charge is -2.23. The van der Waals surface area contributed by atoms with E-state index in [0.717, 1.165) is 30.8 Å². The monoisotopic (exact) mass is 263 g/mol. The SMILES string of the molecule is CCNCC(C)C(C)CC1CSc2ccccc21. The molecule has 0 spiro atoms. The normalized spacial score (nSPS) is 21.6. The molecule has 1 aromatic rings. The minimum Gasteiger partial charge on any atom is -0.317 e. The Balaban J connectivity index is 1.91. The van der Waals surface area contributed by atoms with Gasteiger partial charge in [0.05, 0.1) is 0 Å². The third-order valence-electron chi connectivity index (χ3n) is 4.14. The van der Waals surface area contributed by atoms with Gasteiger partial charge in [-0.05, 0) is 48.9 Å². The first-order valence-electron chi connectivity index (χ1n) is 7.14. The summed E-state index contributed by atoms with van der Waals surface area (Å²) in [6.45, 7) is 9.20. The molecule has 2 rings (SSSR count). The molecule has 3 atom stereocenters. The molecule has 100 valence electrons. The van der Waals surface area contributed by atoms with Gasteiger partial charge in [-0.25, -0.2) is 0 Å². The summed E-state index contributed by atoms with van der Waals surface area (Å²) in [6, 6.07) is 8.93. The summed E-state index contributed by atoms with van der Waals surface area (Å²) in [5.74, 6) is 3.60. The second-order valence-electron chi connectivity index (χ2n) is 5.54. The maximum Gasteiger partial charge on any atom is 0.0107 e. The third-order valence-corrected chi connectivity index (χ3v) is 5.39. The van der Waals surface area contributed by atoms with Gasteiger partial charge in [-0.1, -0.05) is 39.0 Å². The summed E-state index contributed by atoms with van der Waals surface area (Å²) < 4.78 is 0. The molecule has 18 heavy (non-hydrogen) atoms. The Kier molecular flexibility index (Phi) is 5.13. The van der Waals surface area contributed by atoms with Gasteiger partial charge >= 0.3 is 0 Å². The maximum absolute atomic E-state index is 3.47. The van der Waals surface area contributed by atoms with Gasteiger partial charge in [0.2, 0.25) is 0 Å². The summed E-state index contributed by atoms with van der Waals surface area (Å²) >= 11 is 2.03. The molecule has 3 unspecified atom stereocenters. The molecule has 1 heterocycles. The number of fused-ring (bicyclic) bond motifs is 1. The van der Waals surface area contributed by atoms with Crippen LogP contribution in [0.15, 0.2) is 29.2 Å². The minimum absolute atomic E-state index is 0.766. The van der Waals surface area contributed by atoms with Gasteiger partial charge in [-0.15, -0.1) is 11.8 Å². The molecule has 1 aliphatic heterocycles. The Morgan fingerprint density at radius 2 is 2.06 bits per heavy atom. The lowest BCUT2D eigenvalue weighted by atomic mass is 9.84. The Labute approximate surface area is 116 Å². The molecule has 1 nitrogen and oxygen atoms in total. The van der Waals surface area contributed by atoms with Gasteiger partial charge < -0.3 is 5.32 Å². The van der Waals surface area contributed by atoms with Crippen LogP contribution >= 0.6 is 11.8 Å². The standard InChI is InChI=1S/C16H25NS/c1-4-17-10-13(3)12(2)9-14-11-18-16-8-6-5-7-15(14)16/h5-8,12-14,17H,4,9-11H2,1-3H3. The first kappa shape index (κ1) is 14.0. The van der Waals surface area contributed by atoms with Crippen LogP contribution in [0, 0.1) is 11.8 Å². The van der Waals surface area contributed by atoms with E-state index in [9.17, 15) is 0 Å². The average molecular weight is 263 g/mol. The third kappa shape index (κ3) is 3.30. The van der Waals surface area contributed by atoms with Crippen molar-refractivity contribution < 1.29 is 0 Å². The van der Waals surface area contributed by atoms with Crippen LogP contribution in [-0.4, -0.2) is 18.8 Å². The molecule has 1 aliphatic rings. The summed E-state index contributed by atoms with van der Waals surface area (Å²) in [4.78, 5) is 1.51. The van der Waals surface area contributed by atoms with Crippen molar-refractivity contribution in [1.82, 2.24) is 5.32 Å². The minimum atomic E-state index is 0.766. The Hall–Kier alpha value is -0.470. The highest BCUT2D eigenvalue weighted by atomic mass is 32.2. The predicted octanol–water partition coefficient (Wildman–Crippen LogP) is 4.15. The summed E-state index contributed by atoms with van der Waals surface area (Å²) in [5, 5.41) is 3.47. The fraction of sp³-hybridized carbons (Fsp3) is 0.625. The van der Waals surface area contributed by atoms with E-state index in [-0.39, 0.29) is 0 Å². The second kappa shape index (κ2) is 6.63. The average Bonchev–Trinajstić information content (AvgIpc) is 2.79. The van der Waals surface area contributed by atoms with Crippen molar-refractivity contribution in [3.63, 3.8) is 0 Å². The van der Waals surface area contributed by atoms with Gasteiger partial charge in [0.15, 0.2) is 0 Å². The quantitative estimate of drug-likeness (QED) is 0.827. The first-order chi connectivity index (χ1) is 8.72. The number of rotatable bonds is 6. The van der Waals surface area contributed by atoms with Crippen molar-refractivity contribution >= 4 is 11.8 Å². The molecule has 1 N–H and O–H groups in total. The zero-order valence-corrected chi connectivity index (χ0v) is 12.6. The van der Waals surface area contributed by atoms with Crippen molar-refractivity contribution in [2.24, 2.45) is 11.8 Å². The van der Waals surface area contributed by atoms with Crippen LogP contribution < -0.4 is 5.32 Å². The highest BCUT2D eigenvalue weighted by Crippen LogP contribution is 2.42. The number of nitrogens with one attached hydrogen (secondary N) is 1. The lowest BCUT2D eigenvalue weighted by Crippen LogP contribution is -2.25. The number of hydrogen-bond acceptors (Lipinski definition) is 2. The van der Waals surface area contributed by atoms with Crippen LogP contribution in [-0.2, 0) is 0 Å². The summed E-state index contributed by atoms with van der Waals surface area (Å²) in [7, 11) is 0. The molecule has 0 saturated heterocycles. The van der Waals surface area contributed by atoms with Crippen LogP contribution in [0.3, 0.4) is 0 Å². The molecule has 0 saturated carbocycles. The van der Waals surface area contributed by atoms with E-state index in [0.29, 0.717) is 0 Å². The molecule has 0 radical (unpaired) electrons. The van der Waals surface area contributed by atoms with E-state index in [4.69, 9.17) is 0 Å². The van der Waals surface area contributed by atoms with Crippen molar-refractivity contribution in [2.75, 3.05) is 18.8 Å². The maximum atomic E-state index is 3.47. The van der Waals surface area contributed by atoms with Crippen molar-refractivity contribution in [3.05, 3.63) is 29.8 Å². The molecule has 0 fully saturated rings. The number of benzene rings is 1. The van der Waals surface area contributed by atoms with Gasteiger partial charge in [0, 0.05) is 10.6 Å². The molecule has 2 heteroatoms. The second-order valence-corrected chi connectivity index (χ2v) is 6.61.